The zero-order valence-electron chi connectivity index (χ0n) is 18.6. The molecule has 2 heterocycles. The van der Waals surface area contributed by atoms with Crippen LogP contribution in [0.2, 0.25) is 5.02 Å². The fourth-order valence-corrected chi connectivity index (χ4v) is 3.37. The number of aromatic nitrogens is 4. The minimum Gasteiger partial charge on any atom is -0.471 e. The molecule has 8 nitrogen and oxygen atoms in total. The first-order valence-electron chi connectivity index (χ1n) is 10.3. The number of hydrogen-bond donors (Lipinski definition) is 1. The Labute approximate surface area is 196 Å². The molecule has 0 saturated heterocycles. The summed E-state index contributed by atoms with van der Waals surface area (Å²) >= 11 is 6.15. The van der Waals surface area contributed by atoms with Gasteiger partial charge < -0.3 is 14.8 Å². The van der Waals surface area contributed by atoms with E-state index in [0.717, 1.165) is 16.9 Å². The molecule has 0 atom stereocenters. The molecule has 0 aliphatic carbocycles. The number of halogens is 1. The molecular weight excluding hydrogens is 442 g/mol. The molecular formula is C24H24ClN5O3. The van der Waals surface area contributed by atoms with Gasteiger partial charge in [0.1, 0.15) is 11.5 Å². The van der Waals surface area contributed by atoms with E-state index in [2.05, 4.69) is 21.6 Å². The maximum absolute atomic E-state index is 12.5. The van der Waals surface area contributed by atoms with Gasteiger partial charge in [0.25, 0.3) is 5.91 Å². The van der Waals surface area contributed by atoms with Gasteiger partial charge in [-0.3, -0.25) is 4.79 Å². The Morgan fingerprint density at radius 1 is 0.970 bits per heavy atom. The van der Waals surface area contributed by atoms with Crippen molar-refractivity contribution in [3.8, 4) is 11.5 Å². The number of benzene rings is 2. The number of amides is 1. The number of ether oxygens (including phenoxy) is 2. The van der Waals surface area contributed by atoms with Gasteiger partial charge in [-0.15, -0.1) is 0 Å². The second kappa shape index (κ2) is 9.79. The summed E-state index contributed by atoms with van der Waals surface area (Å²) in [6, 6.07) is 13.1. The summed E-state index contributed by atoms with van der Waals surface area (Å²) in [4.78, 5) is 12.5. The monoisotopic (exact) mass is 465 g/mol. The normalized spacial score (nSPS) is 10.8. The number of hydrogen-bond acceptors (Lipinski definition) is 5. The molecule has 170 valence electrons. The molecule has 0 bridgehead atoms. The van der Waals surface area contributed by atoms with Crippen LogP contribution in [-0.4, -0.2) is 25.5 Å². The molecule has 4 aromatic rings. The van der Waals surface area contributed by atoms with Crippen molar-refractivity contribution in [1.29, 1.82) is 0 Å². The Balaban J connectivity index is 1.31. The molecule has 0 unspecified atom stereocenters. The van der Waals surface area contributed by atoms with Gasteiger partial charge in [0.2, 0.25) is 0 Å². The molecule has 4 rings (SSSR count). The Kier molecular flexibility index (Phi) is 6.65. The molecule has 0 spiro atoms. The Morgan fingerprint density at radius 3 is 2.52 bits per heavy atom. The van der Waals surface area contributed by atoms with Gasteiger partial charge >= 0.3 is 0 Å². The molecule has 0 fully saturated rings. The van der Waals surface area contributed by atoms with Gasteiger partial charge in [0, 0.05) is 6.20 Å². The molecule has 1 N–H and O–H groups in total. The van der Waals surface area contributed by atoms with Crippen molar-refractivity contribution in [2.24, 2.45) is 0 Å². The van der Waals surface area contributed by atoms with Crippen molar-refractivity contribution < 1.29 is 14.3 Å². The number of carbonyl (C=O) groups excluding carboxylic acids is 1. The van der Waals surface area contributed by atoms with Gasteiger partial charge in [0.15, 0.2) is 19.2 Å². The largest absolute Gasteiger partial charge is 0.471 e. The third kappa shape index (κ3) is 5.72. The number of nitrogens with zero attached hydrogens (tertiary/aromatic N) is 4. The lowest BCUT2D eigenvalue weighted by Crippen LogP contribution is -2.14. The molecule has 0 saturated carbocycles. The summed E-state index contributed by atoms with van der Waals surface area (Å²) in [6.07, 6.45) is 4.92. The van der Waals surface area contributed by atoms with Crippen LogP contribution in [0.1, 0.15) is 27.2 Å². The third-order valence-corrected chi connectivity index (χ3v) is 5.20. The van der Waals surface area contributed by atoms with Crippen LogP contribution in [0.3, 0.4) is 0 Å². The lowest BCUT2D eigenvalue weighted by Gasteiger charge is -2.09. The Morgan fingerprint density at radius 2 is 1.70 bits per heavy atom. The lowest BCUT2D eigenvalue weighted by molar-refractivity contribution is 0.102. The van der Waals surface area contributed by atoms with E-state index in [4.69, 9.17) is 21.1 Å². The summed E-state index contributed by atoms with van der Waals surface area (Å²) in [5, 5.41) is 11.8. The van der Waals surface area contributed by atoms with Gasteiger partial charge in [-0.2, -0.15) is 10.2 Å². The highest BCUT2D eigenvalue weighted by Gasteiger charge is 2.12. The van der Waals surface area contributed by atoms with Crippen LogP contribution >= 0.6 is 11.6 Å². The van der Waals surface area contributed by atoms with Crippen molar-refractivity contribution in [3.05, 3.63) is 88.5 Å². The van der Waals surface area contributed by atoms with Crippen LogP contribution < -0.4 is 14.8 Å². The lowest BCUT2D eigenvalue weighted by atomic mass is 10.1. The first-order valence-corrected chi connectivity index (χ1v) is 10.7. The summed E-state index contributed by atoms with van der Waals surface area (Å²) < 4.78 is 14.6. The number of rotatable bonds is 8. The molecule has 1 amide bonds. The standard InChI is InChI=1S/C24H24ClN5O3/c1-16-5-7-22(18(3)10-16)32-15-30-13-19(12-26-30)27-24(31)21-8-9-29(28-21)14-33-23-11-17(2)4-6-20(23)25/h4-13H,14-15H2,1-3H3,(H,27,31). The predicted molar refractivity (Wildman–Crippen MR) is 126 cm³/mol. The summed E-state index contributed by atoms with van der Waals surface area (Å²) in [5.41, 5.74) is 4.07. The smallest absolute Gasteiger partial charge is 0.276 e. The first kappa shape index (κ1) is 22.4. The zero-order valence-corrected chi connectivity index (χ0v) is 19.3. The molecule has 33 heavy (non-hydrogen) atoms. The van der Waals surface area contributed by atoms with Crippen LogP contribution in [0.25, 0.3) is 0 Å². The van der Waals surface area contributed by atoms with E-state index in [-0.39, 0.29) is 25.1 Å². The fourth-order valence-electron chi connectivity index (χ4n) is 3.20. The first-order chi connectivity index (χ1) is 15.9. The summed E-state index contributed by atoms with van der Waals surface area (Å²) in [7, 11) is 0. The second-order valence-electron chi connectivity index (χ2n) is 7.71. The third-order valence-electron chi connectivity index (χ3n) is 4.89. The van der Waals surface area contributed by atoms with Crippen molar-refractivity contribution in [1.82, 2.24) is 19.6 Å². The van der Waals surface area contributed by atoms with Crippen LogP contribution in [0.4, 0.5) is 5.69 Å². The number of anilines is 1. The molecule has 9 heteroatoms. The Bertz CT molecular complexity index is 1280. The Hall–Kier alpha value is -3.78. The maximum atomic E-state index is 12.5. The SMILES string of the molecule is Cc1ccc(OCn2cc(NC(=O)c3ccn(COc4cc(C)ccc4Cl)n3)cn2)c(C)c1. The average Bonchev–Trinajstić information content (AvgIpc) is 3.43. The van der Waals surface area contributed by atoms with Crippen LogP contribution in [0.15, 0.2) is 61.1 Å². The van der Waals surface area contributed by atoms with Crippen LogP contribution in [-0.2, 0) is 13.5 Å². The fraction of sp³-hybridized carbons (Fsp3) is 0.208. The highest BCUT2D eigenvalue weighted by Crippen LogP contribution is 2.25. The van der Waals surface area contributed by atoms with E-state index in [1.54, 1.807) is 35.4 Å². The van der Waals surface area contributed by atoms with E-state index in [1.807, 2.05) is 45.0 Å². The van der Waals surface area contributed by atoms with Gasteiger partial charge in [-0.1, -0.05) is 35.4 Å². The van der Waals surface area contributed by atoms with Crippen molar-refractivity contribution >= 4 is 23.2 Å². The topological polar surface area (TPSA) is 83.2 Å². The van der Waals surface area contributed by atoms with Gasteiger partial charge in [-0.25, -0.2) is 9.36 Å². The minimum atomic E-state index is -0.350. The molecule has 2 aromatic carbocycles. The van der Waals surface area contributed by atoms with Crippen LogP contribution in [0.5, 0.6) is 11.5 Å². The minimum absolute atomic E-state index is 0.129. The highest BCUT2D eigenvalue weighted by molar-refractivity contribution is 6.32. The van der Waals surface area contributed by atoms with Crippen molar-refractivity contribution in [2.75, 3.05) is 5.32 Å². The average molecular weight is 466 g/mol. The van der Waals surface area contributed by atoms with Gasteiger partial charge in [-0.05, 0) is 56.2 Å². The van der Waals surface area contributed by atoms with Gasteiger partial charge in [0.05, 0.1) is 23.1 Å². The second-order valence-corrected chi connectivity index (χ2v) is 8.12. The number of nitrogens with one attached hydrogen (secondary N) is 1. The molecule has 0 aliphatic rings. The van der Waals surface area contributed by atoms with Crippen molar-refractivity contribution in [3.63, 3.8) is 0 Å². The number of aryl methyl sites for hydroxylation is 3. The van der Waals surface area contributed by atoms with E-state index in [9.17, 15) is 4.79 Å². The van der Waals surface area contributed by atoms with Crippen LogP contribution in [0, 0.1) is 20.8 Å². The van der Waals surface area contributed by atoms with Crippen molar-refractivity contribution in [2.45, 2.75) is 34.2 Å². The molecule has 2 aromatic heterocycles. The maximum Gasteiger partial charge on any atom is 0.276 e. The number of carbonyl (C=O) groups is 1. The van der Waals surface area contributed by atoms with E-state index in [1.165, 1.54) is 10.2 Å². The van der Waals surface area contributed by atoms with E-state index >= 15 is 0 Å². The summed E-state index contributed by atoms with van der Waals surface area (Å²) in [5.74, 6) is 1.01. The quantitative estimate of drug-likeness (QED) is 0.396. The molecule has 0 radical (unpaired) electrons. The zero-order chi connectivity index (χ0) is 23.4. The highest BCUT2D eigenvalue weighted by atomic mass is 35.5. The van der Waals surface area contributed by atoms with E-state index in [0.29, 0.717) is 16.5 Å². The molecule has 0 aliphatic heterocycles. The van der Waals surface area contributed by atoms with E-state index < -0.39 is 0 Å². The predicted octanol–water partition coefficient (Wildman–Crippen LogP) is 4.98. The summed E-state index contributed by atoms with van der Waals surface area (Å²) in [6.45, 7) is 6.35.